The van der Waals surface area contributed by atoms with Crippen LogP contribution < -0.4 is 0 Å². The highest BCUT2D eigenvalue weighted by Crippen LogP contribution is 1.68. The van der Waals surface area contributed by atoms with E-state index in [0.29, 0.717) is 0 Å². The minimum Gasteiger partial charge on any atom is -0.443 e. The van der Waals surface area contributed by atoms with Crippen LogP contribution in [0, 0.1) is 11.5 Å². The molecule has 0 saturated carbocycles. The number of nitriles is 1. The first-order valence-electron chi connectivity index (χ1n) is 2.01. The quantitative estimate of drug-likeness (QED) is 0.394. The van der Waals surface area contributed by atoms with Crippen LogP contribution in [0.1, 0.15) is 6.92 Å². The van der Waals surface area contributed by atoms with Gasteiger partial charge in [0.25, 0.3) is 6.26 Å². The largest absolute Gasteiger partial charge is 0.443 e. The van der Waals surface area contributed by atoms with Gasteiger partial charge in [0.05, 0.1) is 12.7 Å². The number of aliphatic hydroxyl groups is 3. The molecule has 4 nitrogen and oxygen atoms in total. The van der Waals surface area contributed by atoms with Crippen LogP contribution >= 0.6 is 0 Å². The normalized spacial score (nSPS) is 10.2. The molecule has 1 atom stereocenters. The molecule has 1 unspecified atom stereocenters. The maximum Gasteiger partial charge on any atom is 0.283 e. The molecular weight excluding hydrogens is 110 g/mol. The molecule has 0 heterocycles. The van der Waals surface area contributed by atoms with Crippen LogP contribution in [0.15, 0.2) is 0 Å². The number of nitrogens with zero attached hydrogens (tertiary/aromatic N) is 1. The summed E-state index contributed by atoms with van der Waals surface area (Å²) in [6, 6.07) is 0. The van der Waals surface area contributed by atoms with Gasteiger partial charge in [0.15, 0.2) is 0 Å². The second-order valence-corrected chi connectivity index (χ2v) is 1.13. The van der Waals surface area contributed by atoms with E-state index in [1.165, 1.54) is 6.92 Å². The van der Waals surface area contributed by atoms with Crippen molar-refractivity contribution in [2.45, 2.75) is 13.0 Å². The topological polar surface area (TPSA) is 84.5 Å². The van der Waals surface area contributed by atoms with Crippen molar-refractivity contribution < 1.29 is 15.3 Å². The summed E-state index contributed by atoms with van der Waals surface area (Å²) in [5.41, 5.74) is 0. The van der Waals surface area contributed by atoms with Gasteiger partial charge in [-0.3, -0.25) is 0 Å². The van der Waals surface area contributed by atoms with E-state index in [4.69, 9.17) is 20.6 Å². The molecular formula is C4H9NO3. The van der Waals surface area contributed by atoms with E-state index < -0.39 is 6.10 Å². The zero-order valence-electron chi connectivity index (χ0n) is 4.57. The van der Waals surface area contributed by atoms with Crippen molar-refractivity contribution in [3.63, 3.8) is 0 Å². The second kappa shape index (κ2) is 9.51. The molecule has 4 heteroatoms. The molecule has 48 valence electrons. The predicted molar refractivity (Wildman–Crippen MR) is 26.3 cm³/mol. The molecule has 0 fully saturated rings. The van der Waals surface area contributed by atoms with Crippen LogP contribution in [-0.2, 0) is 0 Å². The van der Waals surface area contributed by atoms with Crippen molar-refractivity contribution >= 4 is 0 Å². The molecule has 0 aromatic rings. The molecule has 0 aliphatic carbocycles. The van der Waals surface area contributed by atoms with Crippen molar-refractivity contribution in [1.29, 1.82) is 5.26 Å². The van der Waals surface area contributed by atoms with Crippen molar-refractivity contribution in [2.24, 2.45) is 0 Å². The second-order valence-electron chi connectivity index (χ2n) is 1.13. The summed E-state index contributed by atoms with van der Waals surface area (Å²) >= 11 is 0. The van der Waals surface area contributed by atoms with Gasteiger partial charge in [-0.1, -0.05) is 0 Å². The predicted octanol–water partition coefficient (Wildman–Crippen LogP) is -0.801. The SMILES string of the molecule is CC(O)CO.N#CO. The lowest BCUT2D eigenvalue weighted by atomic mass is 10.5. The molecule has 0 aliphatic heterocycles. The van der Waals surface area contributed by atoms with E-state index >= 15 is 0 Å². The number of hydrogen-bond acceptors (Lipinski definition) is 4. The fourth-order valence-electron chi connectivity index (χ4n) is 0. The molecule has 0 aliphatic rings. The molecule has 3 N–H and O–H groups in total. The van der Waals surface area contributed by atoms with Gasteiger partial charge in [-0.25, -0.2) is 0 Å². The van der Waals surface area contributed by atoms with Gasteiger partial charge in [0, 0.05) is 0 Å². The minimum atomic E-state index is -0.560. The Morgan fingerprint density at radius 2 is 1.88 bits per heavy atom. The van der Waals surface area contributed by atoms with Gasteiger partial charge in [-0.15, -0.1) is 0 Å². The Hall–Kier alpha value is -0.790. The average Bonchev–Trinajstić information content (AvgIpc) is 1.69. The molecule has 8 heavy (non-hydrogen) atoms. The van der Waals surface area contributed by atoms with Crippen LogP contribution in [0.5, 0.6) is 0 Å². The molecule has 0 rings (SSSR count). The van der Waals surface area contributed by atoms with E-state index in [1.807, 2.05) is 0 Å². The van der Waals surface area contributed by atoms with Crippen molar-refractivity contribution in [1.82, 2.24) is 0 Å². The summed E-state index contributed by atoms with van der Waals surface area (Å²) in [6.45, 7) is 1.39. The zero-order chi connectivity index (χ0) is 6.99. The molecule has 0 amide bonds. The Kier molecular flexibility index (Phi) is 12.2. The van der Waals surface area contributed by atoms with Gasteiger partial charge in [-0.2, -0.15) is 5.26 Å². The van der Waals surface area contributed by atoms with Crippen LogP contribution in [-0.4, -0.2) is 28.0 Å². The summed E-state index contributed by atoms with van der Waals surface area (Å²) in [5.74, 6) is 0. The van der Waals surface area contributed by atoms with E-state index in [2.05, 4.69) is 0 Å². The van der Waals surface area contributed by atoms with E-state index in [-0.39, 0.29) is 6.61 Å². The highest BCUT2D eigenvalue weighted by Gasteiger charge is 1.83. The maximum absolute atomic E-state index is 8.11. The first-order chi connectivity index (χ1) is 3.68. The van der Waals surface area contributed by atoms with E-state index in [1.54, 1.807) is 0 Å². The first-order valence-corrected chi connectivity index (χ1v) is 2.01. The average molecular weight is 119 g/mol. The van der Waals surface area contributed by atoms with Crippen LogP contribution in [0.4, 0.5) is 0 Å². The lowest BCUT2D eigenvalue weighted by Gasteiger charge is -1.90. The summed E-state index contributed by atoms with van der Waals surface area (Å²) in [7, 11) is 0. The minimum absolute atomic E-state index is 0.139. The molecule has 0 radical (unpaired) electrons. The molecule has 0 bridgehead atoms. The number of aliphatic hydroxyl groups excluding tert-OH is 3. The lowest BCUT2D eigenvalue weighted by molar-refractivity contribution is 0.110. The molecule has 0 saturated heterocycles. The van der Waals surface area contributed by atoms with Crippen LogP contribution in [0.3, 0.4) is 0 Å². The lowest BCUT2D eigenvalue weighted by Crippen LogP contribution is -2.03. The number of rotatable bonds is 1. The third-order valence-corrected chi connectivity index (χ3v) is 0.264. The third-order valence-electron chi connectivity index (χ3n) is 0.264. The van der Waals surface area contributed by atoms with Gasteiger partial charge in [-0.05, 0) is 6.92 Å². The Labute approximate surface area is 47.6 Å². The van der Waals surface area contributed by atoms with Gasteiger partial charge in [0.2, 0.25) is 0 Å². The summed E-state index contributed by atoms with van der Waals surface area (Å²) in [4.78, 5) is 0. The first kappa shape index (κ1) is 10.2. The van der Waals surface area contributed by atoms with Crippen LogP contribution in [0.2, 0.25) is 0 Å². The monoisotopic (exact) mass is 119 g/mol. The van der Waals surface area contributed by atoms with E-state index in [0.717, 1.165) is 6.26 Å². The van der Waals surface area contributed by atoms with Crippen LogP contribution in [0.25, 0.3) is 0 Å². The Morgan fingerprint density at radius 1 is 1.75 bits per heavy atom. The Morgan fingerprint density at radius 3 is 1.88 bits per heavy atom. The van der Waals surface area contributed by atoms with E-state index in [9.17, 15) is 0 Å². The fourth-order valence-corrected chi connectivity index (χ4v) is 0. The molecule has 0 spiro atoms. The summed E-state index contributed by atoms with van der Waals surface area (Å²) < 4.78 is 0. The highest BCUT2D eigenvalue weighted by atomic mass is 16.3. The van der Waals surface area contributed by atoms with Crippen molar-refractivity contribution in [2.75, 3.05) is 6.61 Å². The maximum atomic E-state index is 8.11. The molecule has 0 aromatic heterocycles. The Bertz CT molecular complexity index is 66.2. The molecule has 0 aromatic carbocycles. The van der Waals surface area contributed by atoms with Crippen molar-refractivity contribution in [3.05, 3.63) is 0 Å². The zero-order valence-corrected chi connectivity index (χ0v) is 4.57. The third kappa shape index (κ3) is 63.1. The fraction of sp³-hybridized carbons (Fsp3) is 0.750. The van der Waals surface area contributed by atoms with Gasteiger partial charge in [0.1, 0.15) is 0 Å². The standard InChI is InChI=1S/C3H8O2.CHNO/c1-3(5)2-4;2-1-3/h3-5H,2H2,1H3;3H. The Balaban J connectivity index is 0. The van der Waals surface area contributed by atoms with Gasteiger partial charge >= 0.3 is 0 Å². The summed E-state index contributed by atoms with van der Waals surface area (Å²) in [6.07, 6.45) is 0.190. The number of hydrogen-bond donors (Lipinski definition) is 3. The van der Waals surface area contributed by atoms with Crippen molar-refractivity contribution in [3.8, 4) is 6.26 Å². The van der Waals surface area contributed by atoms with Gasteiger partial charge < -0.3 is 15.3 Å². The summed E-state index contributed by atoms with van der Waals surface area (Å²) in [5, 5.41) is 29.8. The smallest absolute Gasteiger partial charge is 0.283 e. The highest BCUT2D eigenvalue weighted by molar-refractivity contribution is 4.34.